The molecule has 0 atom stereocenters. The topological polar surface area (TPSA) is 26.3 Å². The summed E-state index contributed by atoms with van der Waals surface area (Å²) in [6.45, 7) is 12.5. The lowest BCUT2D eigenvalue weighted by Crippen LogP contribution is -2.26. The van der Waals surface area contributed by atoms with E-state index in [0.717, 1.165) is 19.3 Å². The standard InChI is InChI=1S/C16H28O2/c1-7-18-15(17)16(5,6)12-11-14(4)10-8-9-13(2)3/h9,11H,7-8,10,12H2,1-6H3/b14-11+. The summed E-state index contributed by atoms with van der Waals surface area (Å²) in [5, 5.41) is 0. The van der Waals surface area contributed by atoms with Crippen LogP contribution in [0.15, 0.2) is 23.3 Å². The van der Waals surface area contributed by atoms with Crippen molar-refractivity contribution in [3.63, 3.8) is 0 Å². The van der Waals surface area contributed by atoms with Gasteiger partial charge in [0.15, 0.2) is 0 Å². The van der Waals surface area contributed by atoms with Crippen molar-refractivity contribution in [2.24, 2.45) is 5.41 Å². The predicted octanol–water partition coefficient (Wildman–Crippen LogP) is 4.66. The Bertz CT molecular complexity index is 318. The quantitative estimate of drug-likeness (QED) is 0.486. The van der Waals surface area contributed by atoms with Gasteiger partial charge in [0, 0.05) is 0 Å². The van der Waals surface area contributed by atoms with Crippen LogP contribution in [0.4, 0.5) is 0 Å². The van der Waals surface area contributed by atoms with Gasteiger partial charge in [-0.15, -0.1) is 0 Å². The first-order valence-electron chi connectivity index (χ1n) is 6.75. The Morgan fingerprint density at radius 1 is 1.17 bits per heavy atom. The number of esters is 1. The van der Waals surface area contributed by atoms with Crippen molar-refractivity contribution in [1.82, 2.24) is 0 Å². The molecule has 0 unspecified atom stereocenters. The molecule has 0 N–H and O–H groups in total. The van der Waals surface area contributed by atoms with Gasteiger partial charge in [-0.3, -0.25) is 4.79 Å². The normalized spacial score (nSPS) is 12.2. The lowest BCUT2D eigenvalue weighted by molar-refractivity contribution is -0.153. The fourth-order valence-corrected chi connectivity index (χ4v) is 1.53. The maximum absolute atomic E-state index is 11.7. The average molecular weight is 252 g/mol. The molecule has 0 aromatic heterocycles. The highest BCUT2D eigenvalue weighted by Gasteiger charge is 2.27. The summed E-state index contributed by atoms with van der Waals surface area (Å²) in [5.74, 6) is -0.113. The molecule has 104 valence electrons. The number of carbonyl (C=O) groups excluding carboxylic acids is 1. The molecule has 0 spiro atoms. The molecule has 0 rings (SSSR count). The zero-order valence-electron chi connectivity index (χ0n) is 12.8. The van der Waals surface area contributed by atoms with Crippen LogP contribution in [0.1, 0.15) is 60.8 Å². The highest BCUT2D eigenvalue weighted by atomic mass is 16.5. The Morgan fingerprint density at radius 2 is 1.78 bits per heavy atom. The van der Waals surface area contributed by atoms with Crippen molar-refractivity contribution in [2.45, 2.75) is 60.8 Å². The lowest BCUT2D eigenvalue weighted by Gasteiger charge is -2.20. The number of hydrogen-bond donors (Lipinski definition) is 0. The monoisotopic (exact) mass is 252 g/mol. The van der Waals surface area contributed by atoms with E-state index < -0.39 is 5.41 Å². The third-order valence-corrected chi connectivity index (χ3v) is 2.88. The molecule has 0 radical (unpaired) electrons. The molecule has 0 amide bonds. The Hall–Kier alpha value is -1.05. The molecular weight excluding hydrogens is 224 g/mol. The minimum absolute atomic E-state index is 0.113. The highest BCUT2D eigenvalue weighted by Crippen LogP contribution is 2.24. The average Bonchev–Trinajstić information content (AvgIpc) is 2.26. The van der Waals surface area contributed by atoms with Crippen LogP contribution in [0, 0.1) is 5.41 Å². The van der Waals surface area contributed by atoms with E-state index in [9.17, 15) is 4.79 Å². The molecule has 0 heterocycles. The summed E-state index contributed by atoms with van der Waals surface area (Å²) in [5.41, 5.74) is 2.27. The van der Waals surface area contributed by atoms with Crippen LogP contribution in [-0.2, 0) is 9.53 Å². The van der Waals surface area contributed by atoms with Gasteiger partial charge in [-0.25, -0.2) is 0 Å². The van der Waals surface area contributed by atoms with Crippen molar-refractivity contribution >= 4 is 5.97 Å². The molecule has 0 aromatic rings. The second-order valence-corrected chi connectivity index (χ2v) is 5.68. The summed E-state index contributed by atoms with van der Waals surface area (Å²) < 4.78 is 5.07. The summed E-state index contributed by atoms with van der Waals surface area (Å²) in [4.78, 5) is 11.7. The third-order valence-electron chi connectivity index (χ3n) is 2.88. The molecule has 0 saturated carbocycles. The van der Waals surface area contributed by atoms with Crippen molar-refractivity contribution in [3.05, 3.63) is 23.3 Å². The van der Waals surface area contributed by atoms with Crippen LogP contribution in [0.25, 0.3) is 0 Å². The van der Waals surface area contributed by atoms with E-state index in [1.807, 2.05) is 20.8 Å². The van der Waals surface area contributed by atoms with E-state index in [2.05, 4.69) is 32.9 Å². The SMILES string of the molecule is CCOC(=O)C(C)(C)C/C=C(\C)CCC=C(C)C. The number of allylic oxidation sites excluding steroid dienone is 4. The Morgan fingerprint density at radius 3 is 2.28 bits per heavy atom. The molecule has 0 aliphatic carbocycles. The molecular formula is C16H28O2. The summed E-state index contributed by atoms with van der Waals surface area (Å²) in [7, 11) is 0. The largest absolute Gasteiger partial charge is 0.466 e. The second kappa shape index (κ2) is 8.12. The van der Waals surface area contributed by atoms with E-state index in [0.29, 0.717) is 6.61 Å². The smallest absolute Gasteiger partial charge is 0.311 e. The predicted molar refractivity (Wildman–Crippen MR) is 77.5 cm³/mol. The fraction of sp³-hybridized carbons (Fsp3) is 0.688. The van der Waals surface area contributed by atoms with Crippen LogP contribution in [0.2, 0.25) is 0 Å². The van der Waals surface area contributed by atoms with Crippen molar-refractivity contribution in [1.29, 1.82) is 0 Å². The Labute approximate surface area is 112 Å². The van der Waals surface area contributed by atoms with Crippen molar-refractivity contribution in [2.75, 3.05) is 6.61 Å². The van der Waals surface area contributed by atoms with Gasteiger partial charge in [-0.2, -0.15) is 0 Å². The van der Waals surface area contributed by atoms with Crippen LogP contribution < -0.4 is 0 Å². The molecule has 0 fully saturated rings. The third kappa shape index (κ3) is 7.31. The summed E-state index contributed by atoms with van der Waals surface area (Å²) >= 11 is 0. The van der Waals surface area contributed by atoms with Crippen molar-refractivity contribution < 1.29 is 9.53 Å². The van der Waals surface area contributed by atoms with E-state index in [1.165, 1.54) is 11.1 Å². The molecule has 18 heavy (non-hydrogen) atoms. The Balaban J connectivity index is 4.26. The molecule has 2 nitrogen and oxygen atoms in total. The lowest BCUT2D eigenvalue weighted by atomic mass is 9.88. The molecule has 0 aliphatic heterocycles. The zero-order chi connectivity index (χ0) is 14.2. The molecule has 2 heteroatoms. The van der Waals surface area contributed by atoms with Gasteiger partial charge < -0.3 is 4.74 Å². The van der Waals surface area contributed by atoms with Gasteiger partial charge in [0.1, 0.15) is 0 Å². The fourth-order valence-electron chi connectivity index (χ4n) is 1.53. The van der Waals surface area contributed by atoms with E-state index in [-0.39, 0.29) is 5.97 Å². The molecule has 0 aliphatic rings. The van der Waals surface area contributed by atoms with E-state index in [4.69, 9.17) is 4.74 Å². The Kier molecular flexibility index (Phi) is 7.65. The van der Waals surface area contributed by atoms with Crippen LogP contribution in [0.5, 0.6) is 0 Å². The van der Waals surface area contributed by atoms with Gasteiger partial charge in [0.25, 0.3) is 0 Å². The number of rotatable bonds is 7. The van der Waals surface area contributed by atoms with Gasteiger partial charge in [0.2, 0.25) is 0 Å². The second-order valence-electron chi connectivity index (χ2n) is 5.68. The summed E-state index contributed by atoms with van der Waals surface area (Å²) in [6, 6.07) is 0. The molecule has 0 saturated heterocycles. The van der Waals surface area contributed by atoms with Crippen molar-refractivity contribution in [3.8, 4) is 0 Å². The number of carbonyl (C=O) groups is 1. The van der Waals surface area contributed by atoms with Gasteiger partial charge in [-0.05, 0) is 60.8 Å². The first kappa shape index (κ1) is 16.9. The minimum atomic E-state index is -0.423. The highest BCUT2D eigenvalue weighted by molar-refractivity contribution is 5.76. The molecule has 0 aromatic carbocycles. The first-order valence-corrected chi connectivity index (χ1v) is 6.75. The van der Waals surface area contributed by atoms with Gasteiger partial charge >= 0.3 is 5.97 Å². The van der Waals surface area contributed by atoms with Gasteiger partial charge in [0.05, 0.1) is 12.0 Å². The number of ether oxygens (including phenoxy) is 1. The molecule has 0 bridgehead atoms. The summed E-state index contributed by atoms with van der Waals surface area (Å²) in [6.07, 6.45) is 7.28. The minimum Gasteiger partial charge on any atom is -0.466 e. The van der Waals surface area contributed by atoms with Crippen LogP contribution in [0.3, 0.4) is 0 Å². The maximum atomic E-state index is 11.7. The van der Waals surface area contributed by atoms with E-state index in [1.54, 1.807) is 0 Å². The van der Waals surface area contributed by atoms with Crippen LogP contribution >= 0.6 is 0 Å². The first-order chi connectivity index (χ1) is 8.29. The van der Waals surface area contributed by atoms with E-state index >= 15 is 0 Å². The zero-order valence-corrected chi connectivity index (χ0v) is 12.8. The van der Waals surface area contributed by atoms with Gasteiger partial charge in [-0.1, -0.05) is 23.3 Å². The maximum Gasteiger partial charge on any atom is 0.311 e. The van der Waals surface area contributed by atoms with Crippen LogP contribution in [-0.4, -0.2) is 12.6 Å². The number of hydrogen-bond acceptors (Lipinski definition) is 2.